The summed E-state index contributed by atoms with van der Waals surface area (Å²) >= 11 is 1.89. The van der Waals surface area contributed by atoms with Crippen LogP contribution in [0.2, 0.25) is 0 Å². The van der Waals surface area contributed by atoms with Crippen molar-refractivity contribution >= 4 is 11.8 Å². The van der Waals surface area contributed by atoms with Gasteiger partial charge >= 0.3 is 0 Å². The van der Waals surface area contributed by atoms with Crippen molar-refractivity contribution < 1.29 is 5.11 Å². The van der Waals surface area contributed by atoms with Gasteiger partial charge in [-0.1, -0.05) is 30.8 Å². The van der Waals surface area contributed by atoms with Crippen molar-refractivity contribution in [2.24, 2.45) is 5.92 Å². The van der Waals surface area contributed by atoms with Gasteiger partial charge in [0.15, 0.2) is 0 Å². The second-order valence-electron chi connectivity index (χ2n) is 6.47. The van der Waals surface area contributed by atoms with E-state index in [1.807, 2.05) is 30.0 Å². The van der Waals surface area contributed by atoms with E-state index >= 15 is 0 Å². The van der Waals surface area contributed by atoms with Crippen LogP contribution in [0.25, 0.3) is 11.3 Å². The first kappa shape index (κ1) is 15.0. The number of nitrogens with one attached hydrogen (secondary N) is 1. The Morgan fingerprint density at radius 3 is 2.74 bits per heavy atom. The van der Waals surface area contributed by atoms with Crippen LogP contribution in [0.3, 0.4) is 0 Å². The number of phenolic OH excluding ortho intramolecular Hbond substituents is 1. The van der Waals surface area contributed by atoms with E-state index in [0.717, 1.165) is 35.3 Å². The average Bonchev–Trinajstić information content (AvgIpc) is 2.93. The Balaban J connectivity index is 1.64. The lowest BCUT2D eigenvalue weighted by molar-refractivity contribution is 0.349. The van der Waals surface area contributed by atoms with Crippen LogP contribution in [0.15, 0.2) is 35.4 Å². The van der Waals surface area contributed by atoms with E-state index in [1.165, 1.54) is 18.4 Å². The fourth-order valence-electron chi connectivity index (χ4n) is 3.72. The molecule has 0 saturated carbocycles. The summed E-state index contributed by atoms with van der Waals surface area (Å²) in [6.45, 7) is 4.56. The molecular weight excluding hydrogens is 306 g/mol. The molecule has 0 spiro atoms. The summed E-state index contributed by atoms with van der Waals surface area (Å²) in [6.07, 6.45) is 2.49. The highest BCUT2D eigenvalue weighted by Gasteiger charge is 2.37. The van der Waals surface area contributed by atoms with Crippen LogP contribution in [-0.2, 0) is 0 Å². The minimum absolute atomic E-state index is 0.259. The van der Waals surface area contributed by atoms with Gasteiger partial charge in [0.1, 0.15) is 10.8 Å². The lowest BCUT2D eigenvalue weighted by Gasteiger charge is -2.29. The molecule has 3 heterocycles. The standard InChI is InChI=1S/C18H21N3OS/c1-11-14-10-15(13-4-2-3-5-16(13)22)20-21-18(14)23-17(11)12-6-8-19-9-7-12/h2-5,10-12,17,19,22H,6-9H2,1H3. The molecule has 1 saturated heterocycles. The Labute approximate surface area is 140 Å². The van der Waals surface area contributed by atoms with Gasteiger partial charge in [0.05, 0.1) is 5.69 Å². The van der Waals surface area contributed by atoms with Gasteiger partial charge in [-0.3, -0.25) is 0 Å². The van der Waals surface area contributed by atoms with Gasteiger partial charge in [0.2, 0.25) is 0 Å². The smallest absolute Gasteiger partial charge is 0.125 e. The van der Waals surface area contributed by atoms with Gasteiger partial charge < -0.3 is 10.4 Å². The molecule has 2 aromatic rings. The van der Waals surface area contributed by atoms with E-state index in [2.05, 4.69) is 28.5 Å². The SMILES string of the molecule is CC1c2cc(-c3ccccc3O)nnc2SC1C1CCNCC1. The van der Waals surface area contributed by atoms with Crippen molar-refractivity contribution in [1.29, 1.82) is 0 Å². The molecule has 23 heavy (non-hydrogen) atoms. The predicted octanol–water partition coefficient (Wildman–Crippen LogP) is 3.43. The average molecular weight is 327 g/mol. The maximum absolute atomic E-state index is 10.1. The first-order valence-corrected chi connectivity index (χ1v) is 9.15. The van der Waals surface area contributed by atoms with E-state index in [1.54, 1.807) is 6.07 Å². The van der Waals surface area contributed by atoms with Crippen LogP contribution in [-0.4, -0.2) is 33.6 Å². The highest BCUT2D eigenvalue weighted by Crippen LogP contribution is 2.49. The van der Waals surface area contributed by atoms with Crippen molar-refractivity contribution in [1.82, 2.24) is 15.5 Å². The topological polar surface area (TPSA) is 58.0 Å². The third kappa shape index (κ3) is 2.72. The molecule has 2 N–H and O–H groups in total. The number of thioether (sulfide) groups is 1. The molecule has 5 heteroatoms. The fourth-order valence-corrected chi connectivity index (χ4v) is 5.26. The number of nitrogens with zero attached hydrogens (tertiary/aromatic N) is 2. The lowest BCUT2D eigenvalue weighted by Crippen LogP contribution is -2.33. The Morgan fingerprint density at radius 1 is 1.17 bits per heavy atom. The maximum atomic E-state index is 10.1. The third-order valence-electron chi connectivity index (χ3n) is 5.05. The molecule has 0 aliphatic carbocycles. The minimum Gasteiger partial charge on any atom is -0.507 e. The van der Waals surface area contributed by atoms with E-state index < -0.39 is 0 Å². The molecule has 1 fully saturated rings. The second kappa shape index (κ2) is 6.13. The molecule has 0 bridgehead atoms. The number of benzene rings is 1. The largest absolute Gasteiger partial charge is 0.507 e. The van der Waals surface area contributed by atoms with Crippen LogP contribution in [0.4, 0.5) is 0 Å². The molecule has 1 aromatic carbocycles. The number of hydrogen-bond donors (Lipinski definition) is 2. The predicted molar refractivity (Wildman–Crippen MR) is 92.8 cm³/mol. The molecular formula is C18H21N3OS. The number of para-hydroxylation sites is 1. The zero-order valence-electron chi connectivity index (χ0n) is 13.2. The number of piperidine rings is 1. The third-order valence-corrected chi connectivity index (χ3v) is 6.65. The molecule has 0 radical (unpaired) electrons. The van der Waals surface area contributed by atoms with Gasteiger partial charge in [-0.15, -0.1) is 10.2 Å². The van der Waals surface area contributed by atoms with Crippen LogP contribution in [0.1, 0.15) is 31.2 Å². The van der Waals surface area contributed by atoms with Crippen molar-refractivity contribution in [3.05, 3.63) is 35.9 Å². The van der Waals surface area contributed by atoms with Gasteiger partial charge in [-0.05, 0) is 61.5 Å². The molecule has 4 nitrogen and oxygen atoms in total. The molecule has 2 aliphatic heterocycles. The van der Waals surface area contributed by atoms with E-state index in [4.69, 9.17) is 0 Å². The second-order valence-corrected chi connectivity index (χ2v) is 7.63. The monoisotopic (exact) mass is 327 g/mol. The summed E-state index contributed by atoms with van der Waals surface area (Å²) in [4.78, 5) is 0. The summed E-state index contributed by atoms with van der Waals surface area (Å²) in [5, 5.41) is 24.0. The maximum Gasteiger partial charge on any atom is 0.125 e. The summed E-state index contributed by atoms with van der Waals surface area (Å²) in [5.41, 5.74) is 2.80. The normalized spacial score (nSPS) is 24.6. The van der Waals surface area contributed by atoms with E-state index in [-0.39, 0.29) is 5.75 Å². The Bertz CT molecular complexity index is 715. The Kier molecular flexibility index (Phi) is 3.99. The molecule has 4 rings (SSSR count). The summed E-state index contributed by atoms with van der Waals surface area (Å²) in [7, 11) is 0. The number of phenols is 1. The molecule has 2 aliphatic rings. The van der Waals surface area contributed by atoms with Gasteiger partial charge in [-0.25, -0.2) is 0 Å². The van der Waals surface area contributed by atoms with E-state index in [0.29, 0.717) is 11.2 Å². The van der Waals surface area contributed by atoms with Gasteiger partial charge in [0, 0.05) is 10.8 Å². The molecule has 0 amide bonds. The minimum atomic E-state index is 0.259. The lowest BCUT2D eigenvalue weighted by atomic mass is 9.85. The van der Waals surface area contributed by atoms with E-state index in [9.17, 15) is 5.11 Å². The number of aromatic hydroxyl groups is 1. The Morgan fingerprint density at radius 2 is 1.96 bits per heavy atom. The molecule has 2 unspecified atom stereocenters. The molecule has 2 atom stereocenters. The summed E-state index contributed by atoms with van der Waals surface area (Å²) in [5.74, 6) is 1.49. The van der Waals surface area contributed by atoms with Crippen LogP contribution < -0.4 is 5.32 Å². The highest BCUT2D eigenvalue weighted by molar-refractivity contribution is 8.00. The van der Waals surface area contributed by atoms with Crippen molar-refractivity contribution in [3.63, 3.8) is 0 Å². The van der Waals surface area contributed by atoms with Crippen molar-refractivity contribution in [3.8, 4) is 17.0 Å². The van der Waals surface area contributed by atoms with Gasteiger partial charge in [-0.2, -0.15) is 0 Å². The first-order chi connectivity index (χ1) is 11.2. The Hall–Kier alpha value is -1.59. The van der Waals surface area contributed by atoms with Crippen LogP contribution >= 0.6 is 11.8 Å². The quantitative estimate of drug-likeness (QED) is 0.885. The molecule has 120 valence electrons. The fraction of sp³-hybridized carbons (Fsp3) is 0.444. The number of aromatic nitrogens is 2. The zero-order valence-corrected chi connectivity index (χ0v) is 14.0. The van der Waals surface area contributed by atoms with Crippen LogP contribution in [0.5, 0.6) is 5.75 Å². The molecule has 1 aromatic heterocycles. The van der Waals surface area contributed by atoms with Crippen molar-refractivity contribution in [2.75, 3.05) is 13.1 Å². The van der Waals surface area contributed by atoms with Crippen LogP contribution in [0, 0.1) is 5.92 Å². The van der Waals surface area contributed by atoms with Gasteiger partial charge in [0.25, 0.3) is 0 Å². The first-order valence-electron chi connectivity index (χ1n) is 8.27. The summed E-state index contributed by atoms with van der Waals surface area (Å²) in [6, 6.07) is 9.45. The highest BCUT2D eigenvalue weighted by atomic mass is 32.2. The number of hydrogen-bond acceptors (Lipinski definition) is 5. The van der Waals surface area contributed by atoms with Crippen molar-refractivity contribution in [2.45, 2.75) is 36.0 Å². The number of fused-ring (bicyclic) bond motifs is 1. The number of rotatable bonds is 2. The zero-order chi connectivity index (χ0) is 15.8. The summed E-state index contributed by atoms with van der Waals surface area (Å²) < 4.78 is 0.